The van der Waals surface area contributed by atoms with Crippen molar-refractivity contribution in [1.29, 1.82) is 0 Å². The number of aromatic nitrogens is 1. The Balaban J connectivity index is 0.00000264. The van der Waals surface area contributed by atoms with Crippen molar-refractivity contribution in [2.45, 2.75) is 26.3 Å². The normalized spacial score (nSPS) is 12.3. The number of hydrogen-bond acceptors (Lipinski definition) is 5. The minimum Gasteiger partial charge on any atom is -0.406 e. The van der Waals surface area contributed by atoms with Crippen LogP contribution in [-0.4, -0.2) is 23.3 Å². The van der Waals surface area contributed by atoms with Gasteiger partial charge in [0.05, 0.1) is 16.3 Å². The predicted octanol–water partition coefficient (Wildman–Crippen LogP) is 0.571. The van der Waals surface area contributed by atoms with Gasteiger partial charge in [-0.15, -0.1) is 13.2 Å². The average Bonchev–Trinajstić information content (AvgIpc) is 2.77. The van der Waals surface area contributed by atoms with Gasteiger partial charge in [0.2, 0.25) is 5.91 Å². The van der Waals surface area contributed by atoms with Crippen molar-refractivity contribution in [3.8, 4) is 5.75 Å². The van der Waals surface area contributed by atoms with Crippen LogP contribution in [0, 0.1) is 13.3 Å². The van der Waals surface area contributed by atoms with E-state index in [9.17, 15) is 18.0 Å². The summed E-state index contributed by atoms with van der Waals surface area (Å²) in [6.45, 7) is 3.62. The van der Waals surface area contributed by atoms with Crippen molar-refractivity contribution < 1.29 is 91.6 Å². The predicted molar refractivity (Wildman–Crippen MR) is 84.2 cm³/mol. The molecule has 10 heteroatoms. The molecule has 1 aromatic carbocycles. The van der Waals surface area contributed by atoms with Crippen LogP contribution in [-0.2, 0) is 4.79 Å². The Morgan fingerprint density at radius 3 is 2.54 bits per heavy atom. The van der Waals surface area contributed by atoms with E-state index in [0.717, 1.165) is 11.3 Å². The van der Waals surface area contributed by atoms with Crippen LogP contribution in [0.3, 0.4) is 0 Å². The van der Waals surface area contributed by atoms with E-state index >= 15 is 0 Å². The molecule has 0 spiro atoms. The number of halogens is 3. The maximum absolute atomic E-state index is 12.2. The number of alkyl halides is 3. The molecule has 3 N–H and O–H groups in total. The minimum atomic E-state index is -4.75. The number of carbonyl (C=O) groups is 1. The second kappa shape index (κ2) is 9.76. The molecule has 0 saturated carbocycles. The number of carbonyl (C=O) groups excluding carboxylic acids is 1. The van der Waals surface area contributed by atoms with E-state index in [1.54, 1.807) is 0 Å². The largest absolute Gasteiger partial charge is 1.00 e. The van der Waals surface area contributed by atoms with Crippen molar-refractivity contribution in [1.82, 2.24) is 4.98 Å². The van der Waals surface area contributed by atoms with Gasteiger partial charge >= 0.3 is 75.3 Å². The van der Waals surface area contributed by atoms with Crippen molar-refractivity contribution in [2.75, 3.05) is 5.32 Å². The van der Waals surface area contributed by atoms with Gasteiger partial charge in [-0.2, -0.15) is 0 Å². The zero-order valence-electron chi connectivity index (χ0n) is 13.8. The molecular weight excluding hydrogens is 464 g/mol. The van der Waals surface area contributed by atoms with E-state index in [0.29, 0.717) is 10.2 Å². The number of hydrogen-bond donors (Lipinski definition) is 2. The molecule has 0 radical (unpaired) electrons. The number of anilines is 1. The van der Waals surface area contributed by atoms with Crippen molar-refractivity contribution in [2.24, 2.45) is 11.7 Å². The van der Waals surface area contributed by atoms with Crippen molar-refractivity contribution in [3.05, 3.63) is 25.6 Å². The third-order valence-corrected chi connectivity index (χ3v) is 3.78. The first-order chi connectivity index (χ1) is 10.2. The number of benzene rings is 1. The SMILES string of the molecule is CC(C)C(N)C(=O)Nc1nc2ccc(OC(F)(F)F)cc2s1.[CH3-].[Cs+]. The van der Waals surface area contributed by atoms with Gasteiger partial charge < -0.3 is 23.2 Å². The molecule has 1 amide bonds. The van der Waals surface area contributed by atoms with Gasteiger partial charge in [0, 0.05) is 6.07 Å². The van der Waals surface area contributed by atoms with Crippen LogP contribution in [0.25, 0.3) is 10.2 Å². The van der Waals surface area contributed by atoms with E-state index in [-0.39, 0.29) is 99.0 Å². The number of nitrogens with one attached hydrogen (secondary N) is 1. The Morgan fingerprint density at radius 1 is 1.38 bits per heavy atom. The molecule has 0 aliphatic carbocycles. The summed E-state index contributed by atoms with van der Waals surface area (Å²) < 4.78 is 40.8. The molecule has 1 heterocycles. The fourth-order valence-corrected chi connectivity index (χ4v) is 2.54. The summed E-state index contributed by atoms with van der Waals surface area (Å²) in [7, 11) is 0. The third-order valence-electron chi connectivity index (χ3n) is 2.84. The number of rotatable bonds is 4. The summed E-state index contributed by atoms with van der Waals surface area (Å²) in [6.07, 6.45) is -4.75. The number of nitrogens with zero attached hydrogens (tertiary/aromatic N) is 1. The van der Waals surface area contributed by atoms with Crippen molar-refractivity contribution >= 4 is 32.6 Å². The maximum atomic E-state index is 12.2. The molecule has 5 nitrogen and oxygen atoms in total. The molecule has 0 saturated heterocycles. The van der Waals surface area contributed by atoms with Gasteiger partial charge in [-0.1, -0.05) is 25.2 Å². The fourth-order valence-electron chi connectivity index (χ4n) is 1.65. The second-order valence-electron chi connectivity index (χ2n) is 4.96. The molecule has 0 fully saturated rings. The molecule has 0 aliphatic heterocycles. The Morgan fingerprint density at radius 2 is 2.00 bits per heavy atom. The summed E-state index contributed by atoms with van der Waals surface area (Å²) in [5.74, 6) is -0.762. The number of amides is 1. The Bertz CT molecular complexity index is 691. The summed E-state index contributed by atoms with van der Waals surface area (Å²) in [5, 5.41) is 2.84. The maximum Gasteiger partial charge on any atom is 1.00 e. The number of nitrogens with two attached hydrogens (primary N) is 1. The van der Waals surface area contributed by atoms with Crippen LogP contribution in [0.5, 0.6) is 5.75 Å². The van der Waals surface area contributed by atoms with Crippen molar-refractivity contribution in [3.63, 3.8) is 0 Å². The van der Waals surface area contributed by atoms with Crippen LogP contribution in [0.2, 0.25) is 0 Å². The fraction of sp³-hybridized carbons (Fsp3) is 0.357. The van der Waals surface area contributed by atoms with Crippen LogP contribution >= 0.6 is 11.3 Å². The zero-order valence-corrected chi connectivity index (χ0v) is 20.9. The van der Waals surface area contributed by atoms with E-state index in [4.69, 9.17) is 5.73 Å². The monoisotopic (exact) mass is 481 g/mol. The molecule has 1 atom stereocenters. The topological polar surface area (TPSA) is 77.2 Å². The summed E-state index contributed by atoms with van der Waals surface area (Å²) in [6, 6.07) is 3.10. The third kappa shape index (κ3) is 6.83. The molecule has 24 heavy (non-hydrogen) atoms. The van der Waals surface area contributed by atoms with E-state index in [2.05, 4.69) is 15.0 Å². The van der Waals surface area contributed by atoms with Gasteiger partial charge in [-0.3, -0.25) is 4.79 Å². The Labute approximate surface area is 200 Å². The van der Waals surface area contributed by atoms with Gasteiger partial charge in [0.1, 0.15) is 5.75 Å². The number of thiazole rings is 1. The molecule has 1 aromatic heterocycles. The van der Waals surface area contributed by atoms with Gasteiger partial charge in [-0.05, 0) is 18.1 Å². The number of fused-ring (bicyclic) bond motifs is 1. The van der Waals surface area contributed by atoms with E-state index in [1.165, 1.54) is 18.2 Å². The molecule has 2 rings (SSSR count). The minimum absolute atomic E-state index is 0. The van der Waals surface area contributed by atoms with Gasteiger partial charge in [0.25, 0.3) is 0 Å². The van der Waals surface area contributed by atoms with Gasteiger partial charge in [-0.25, -0.2) is 4.98 Å². The number of ether oxygens (including phenoxy) is 1. The van der Waals surface area contributed by atoms with Crippen LogP contribution in [0.1, 0.15) is 13.8 Å². The summed E-state index contributed by atoms with van der Waals surface area (Å²) in [4.78, 5) is 16.0. The quantitative estimate of drug-likeness (QED) is 0.627. The smallest absolute Gasteiger partial charge is 0.406 e. The average molecular weight is 481 g/mol. The molecule has 0 aliphatic rings. The summed E-state index contributed by atoms with van der Waals surface area (Å²) in [5.41, 5.74) is 6.18. The second-order valence-corrected chi connectivity index (χ2v) is 5.99. The van der Waals surface area contributed by atoms with Crippen LogP contribution in [0.4, 0.5) is 18.3 Å². The molecule has 2 aromatic rings. The standard InChI is InChI=1S/C13H14F3N3O2S.CH3.Cs/c1-6(2)10(17)11(20)19-12-18-8-4-3-7(5-9(8)22-12)21-13(14,15)16;;/h3-6,10H,17H2,1-2H3,(H,18,19,20);1H3;/q;-1;+1. The van der Waals surface area contributed by atoms with Crippen LogP contribution < -0.4 is 84.7 Å². The molecular formula is C14H17CsF3N3O2S. The Hall–Kier alpha value is 0.182. The van der Waals surface area contributed by atoms with Crippen LogP contribution in [0.15, 0.2) is 18.2 Å². The molecule has 128 valence electrons. The van der Waals surface area contributed by atoms with Gasteiger partial charge in [0.15, 0.2) is 5.13 Å². The van der Waals surface area contributed by atoms with E-state index in [1.807, 2.05) is 13.8 Å². The first-order valence-electron chi connectivity index (χ1n) is 6.38. The van der Waals surface area contributed by atoms with E-state index < -0.39 is 12.4 Å². The first kappa shape index (κ1) is 24.2. The Kier molecular flexibility index (Phi) is 9.84. The summed E-state index contributed by atoms with van der Waals surface area (Å²) >= 11 is 1.05. The zero-order chi connectivity index (χ0) is 16.5. The first-order valence-corrected chi connectivity index (χ1v) is 7.20. The molecule has 1 unspecified atom stereocenters. The molecule has 0 bridgehead atoms.